The molecule has 0 atom stereocenters. The maximum atomic E-state index is 10.1. The molecule has 0 saturated carbocycles. The summed E-state index contributed by atoms with van der Waals surface area (Å²) in [5.74, 6) is 0. The summed E-state index contributed by atoms with van der Waals surface area (Å²) < 4.78 is 10.1. The SMILES string of the molecule is CCCCP(=O)(O)O.[CaH2]. The second-order valence-corrected chi connectivity index (χ2v) is 3.52. The van der Waals surface area contributed by atoms with E-state index in [1.165, 1.54) is 0 Å². The third kappa shape index (κ3) is 12.6. The van der Waals surface area contributed by atoms with Gasteiger partial charge in [0.15, 0.2) is 0 Å². The van der Waals surface area contributed by atoms with Gasteiger partial charge in [-0.25, -0.2) is 0 Å². The monoisotopic (exact) mass is 180 g/mol. The van der Waals surface area contributed by atoms with Crippen molar-refractivity contribution >= 4 is 45.3 Å². The topological polar surface area (TPSA) is 57.5 Å². The van der Waals surface area contributed by atoms with Crippen molar-refractivity contribution in [3.63, 3.8) is 0 Å². The molecule has 0 aromatic carbocycles. The van der Waals surface area contributed by atoms with Crippen molar-refractivity contribution in [3.05, 3.63) is 0 Å². The van der Waals surface area contributed by atoms with Crippen molar-refractivity contribution in [2.45, 2.75) is 19.8 Å². The molecule has 0 aliphatic heterocycles. The molecule has 0 aromatic rings. The predicted molar refractivity (Wildman–Crippen MR) is 40.4 cm³/mol. The predicted octanol–water partition coefficient (Wildman–Crippen LogP) is 0.0480. The van der Waals surface area contributed by atoms with E-state index in [4.69, 9.17) is 9.79 Å². The molecule has 0 aliphatic rings. The van der Waals surface area contributed by atoms with E-state index >= 15 is 0 Å². The molecular formula is C4H13CaO3P. The van der Waals surface area contributed by atoms with E-state index in [1.807, 2.05) is 6.92 Å². The van der Waals surface area contributed by atoms with Crippen LogP contribution in [-0.4, -0.2) is 53.7 Å². The summed E-state index contributed by atoms with van der Waals surface area (Å²) in [6.07, 6.45) is 1.49. The van der Waals surface area contributed by atoms with Crippen molar-refractivity contribution in [1.82, 2.24) is 0 Å². The molecule has 0 radical (unpaired) electrons. The van der Waals surface area contributed by atoms with E-state index in [2.05, 4.69) is 0 Å². The average Bonchev–Trinajstić information content (AvgIpc) is 1.59. The Morgan fingerprint density at radius 2 is 1.89 bits per heavy atom. The van der Waals surface area contributed by atoms with Crippen LogP contribution >= 0.6 is 7.60 Å². The van der Waals surface area contributed by atoms with Gasteiger partial charge in [0.1, 0.15) is 0 Å². The first-order chi connectivity index (χ1) is 3.56. The summed E-state index contributed by atoms with van der Waals surface area (Å²) in [5, 5.41) is 0. The van der Waals surface area contributed by atoms with Crippen LogP contribution in [0.1, 0.15) is 19.8 Å². The van der Waals surface area contributed by atoms with Gasteiger partial charge in [0.25, 0.3) is 0 Å². The molecule has 5 heteroatoms. The Bertz CT molecular complexity index is 100.0. The number of hydrogen-bond acceptors (Lipinski definition) is 1. The molecule has 0 spiro atoms. The summed E-state index contributed by atoms with van der Waals surface area (Å²) in [4.78, 5) is 16.5. The van der Waals surface area contributed by atoms with Crippen molar-refractivity contribution in [2.24, 2.45) is 0 Å². The molecule has 0 fully saturated rings. The molecule has 0 aromatic heterocycles. The van der Waals surface area contributed by atoms with Crippen LogP contribution in [0.4, 0.5) is 0 Å². The first-order valence-corrected chi connectivity index (χ1v) is 4.40. The van der Waals surface area contributed by atoms with Crippen LogP contribution in [0.15, 0.2) is 0 Å². The summed E-state index contributed by atoms with van der Waals surface area (Å²) in [7, 11) is -3.68. The van der Waals surface area contributed by atoms with Crippen LogP contribution in [0, 0.1) is 0 Å². The summed E-state index contributed by atoms with van der Waals surface area (Å²) >= 11 is 0. The van der Waals surface area contributed by atoms with E-state index in [1.54, 1.807) is 0 Å². The van der Waals surface area contributed by atoms with Gasteiger partial charge in [-0.15, -0.1) is 0 Å². The van der Waals surface area contributed by atoms with E-state index in [9.17, 15) is 4.57 Å². The Morgan fingerprint density at radius 1 is 1.44 bits per heavy atom. The third-order valence-corrected chi connectivity index (χ3v) is 1.70. The van der Waals surface area contributed by atoms with Gasteiger partial charge in [-0.1, -0.05) is 13.3 Å². The summed E-state index contributed by atoms with van der Waals surface area (Å²) in [5.41, 5.74) is 0. The van der Waals surface area contributed by atoms with Crippen LogP contribution in [0.5, 0.6) is 0 Å². The van der Waals surface area contributed by atoms with Crippen LogP contribution in [0.25, 0.3) is 0 Å². The third-order valence-electron chi connectivity index (χ3n) is 0.803. The second-order valence-electron chi connectivity index (χ2n) is 1.74. The Balaban J connectivity index is 0. The minimum absolute atomic E-state index is 0. The van der Waals surface area contributed by atoms with E-state index in [0.717, 1.165) is 6.42 Å². The van der Waals surface area contributed by atoms with Gasteiger partial charge in [0.05, 0.1) is 0 Å². The van der Waals surface area contributed by atoms with Crippen LogP contribution < -0.4 is 0 Å². The van der Waals surface area contributed by atoms with Gasteiger partial charge < -0.3 is 9.79 Å². The van der Waals surface area contributed by atoms with Crippen molar-refractivity contribution in [1.29, 1.82) is 0 Å². The quantitative estimate of drug-likeness (QED) is 0.476. The first kappa shape index (κ1) is 13.0. The second kappa shape index (κ2) is 6.14. The van der Waals surface area contributed by atoms with Gasteiger partial charge in [-0.2, -0.15) is 0 Å². The molecule has 0 unspecified atom stereocenters. The van der Waals surface area contributed by atoms with Gasteiger partial charge >= 0.3 is 45.3 Å². The molecular weight excluding hydrogens is 167 g/mol. The number of unbranched alkanes of at least 4 members (excludes halogenated alkanes) is 1. The summed E-state index contributed by atoms with van der Waals surface area (Å²) in [6.45, 7) is 1.90. The molecule has 0 saturated heterocycles. The van der Waals surface area contributed by atoms with Crippen LogP contribution in [0.2, 0.25) is 0 Å². The Morgan fingerprint density at radius 3 is 2.00 bits per heavy atom. The molecule has 0 rings (SSSR count). The fourth-order valence-electron chi connectivity index (χ4n) is 0.364. The van der Waals surface area contributed by atoms with E-state index in [-0.39, 0.29) is 43.9 Å². The maximum absolute atomic E-state index is 10.1. The first-order valence-electron chi connectivity index (χ1n) is 2.61. The van der Waals surface area contributed by atoms with E-state index < -0.39 is 7.60 Å². The van der Waals surface area contributed by atoms with Crippen molar-refractivity contribution in [2.75, 3.05) is 6.16 Å². The Kier molecular flexibility index (Phi) is 8.89. The molecule has 0 bridgehead atoms. The van der Waals surface area contributed by atoms with E-state index in [0.29, 0.717) is 6.42 Å². The average molecular weight is 180 g/mol. The van der Waals surface area contributed by atoms with Crippen molar-refractivity contribution in [3.8, 4) is 0 Å². The zero-order chi connectivity index (χ0) is 6.62. The Hall–Kier alpha value is 1.41. The fourth-order valence-corrected chi connectivity index (χ4v) is 1.09. The van der Waals surface area contributed by atoms with Crippen molar-refractivity contribution < 1.29 is 14.4 Å². The number of rotatable bonds is 3. The molecule has 0 amide bonds. The van der Waals surface area contributed by atoms with Gasteiger partial charge in [-0.3, -0.25) is 4.57 Å². The molecule has 0 aliphatic carbocycles. The zero-order valence-corrected chi connectivity index (χ0v) is 5.77. The fraction of sp³-hybridized carbons (Fsp3) is 1.00. The summed E-state index contributed by atoms with van der Waals surface area (Å²) in [6, 6.07) is 0. The standard InChI is InChI=1S/C4H11O3P.Ca.2H/c1-2-3-4-8(5,6)7;;;/h2-4H2,1H3,(H2,5,6,7);;;. The minimum atomic E-state index is -3.68. The molecule has 3 nitrogen and oxygen atoms in total. The van der Waals surface area contributed by atoms with Crippen LogP contribution in [0.3, 0.4) is 0 Å². The molecule has 0 heterocycles. The van der Waals surface area contributed by atoms with Crippen LogP contribution in [-0.2, 0) is 4.57 Å². The van der Waals surface area contributed by atoms with Gasteiger partial charge in [0.2, 0.25) is 0 Å². The number of hydrogen-bond donors (Lipinski definition) is 2. The zero-order valence-electron chi connectivity index (χ0n) is 4.87. The Labute approximate surface area is 85.0 Å². The molecule has 54 valence electrons. The van der Waals surface area contributed by atoms with Gasteiger partial charge in [0, 0.05) is 6.16 Å². The van der Waals surface area contributed by atoms with Gasteiger partial charge in [-0.05, 0) is 6.42 Å². The molecule has 9 heavy (non-hydrogen) atoms. The molecule has 2 N–H and O–H groups in total. The normalized spacial score (nSPS) is 10.6.